The summed E-state index contributed by atoms with van der Waals surface area (Å²) in [5, 5.41) is 319. The van der Waals surface area contributed by atoms with E-state index in [9.17, 15) is 172 Å². The molecule has 10 heterocycles. The number of hydrogen-bond donors (Lipinski definition) is 34. The minimum absolute atomic E-state index is 0.101. The van der Waals surface area contributed by atoms with Crippen LogP contribution in [-0.2, 0) is 99.7 Å². The molecule has 10 rings (SSSR count). The van der Waals surface area contributed by atoms with Crippen molar-refractivity contribution < 1.29 is 258 Å². The Bertz CT molecular complexity index is 3330. The van der Waals surface area contributed by atoms with Crippen molar-refractivity contribution in [3.8, 4) is 0 Å². The van der Waals surface area contributed by atoms with Gasteiger partial charge in [0.05, 0.1) is 109 Å². The molecule has 0 spiro atoms. The van der Waals surface area contributed by atoms with Crippen LogP contribution in [0.15, 0.2) is 0 Å². The van der Waals surface area contributed by atoms with E-state index in [1.807, 2.05) is 0 Å². The summed E-state index contributed by atoms with van der Waals surface area (Å²) < 4.78 is 94.4. The Morgan fingerprint density at radius 3 is 0.953 bits per heavy atom. The van der Waals surface area contributed by atoms with Gasteiger partial charge in [-0.3, -0.25) is 19.2 Å². The molecular formula is C74H131N3O52. The predicted octanol–water partition coefficient (Wildman–Crippen LogP) is -20.7. The lowest BCUT2D eigenvalue weighted by Gasteiger charge is -2.49. The number of rotatable bonds is 29. The van der Waals surface area contributed by atoms with Crippen LogP contribution >= 0.6 is 0 Å². The molecule has 0 aromatic heterocycles. The van der Waals surface area contributed by atoms with Gasteiger partial charge < -0.3 is 255 Å². The molecule has 754 valence electrons. The Kier molecular flexibility index (Phi) is 43.7. The fourth-order valence-corrected chi connectivity index (χ4v) is 16.1. The SMILES string of the molecule is CC(=O)NC1C(O)[C@H](O)[C@H](CO)O[C@H]1O[C@H]1C(C)OC(CO)[C@@H](O)[C@@H]1O.CC(=O)NC1C(O)[C@H](O[C@@H]2OC(CO)[C@H](O)[C@H](O)C2O)[C@H](CO)O[C@H]1OC1[C@@H](O)[C@H](O)C(CO)O[C@@H]1C.CC(=O)NC1C(O)[C@H](O[C@@H]2OC(CO[C@]3(OC=O)C[C@@H](O)[C@@H](C)C(C(O)C(O)CO)O3)[C@H](O)[C@H](O)C2O)[C@H](CO)O[C@H]1OC1[C@@H](O)[C@H](O)C(CO)O[C@@H]1C.C[C@H]1OC(CO)[C@@H](O)[C@H](O)C1O. The summed E-state index contributed by atoms with van der Waals surface area (Å²) in [6.07, 6.45) is -66.4. The number of carbonyl (C=O) groups is 4. The Balaban J connectivity index is 0.000000261. The number of aliphatic hydroxyl groups excluding tert-OH is 31. The number of aliphatic hydroxyl groups is 31. The first-order valence-electron chi connectivity index (χ1n) is 41.5. The van der Waals surface area contributed by atoms with Gasteiger partial charge in [-0.15, -0.1) is 0 Å². The van der Waals surface area contributed by atoms with Crippen LogP contribution in [0.5, 0.6) is 0 Å². The van der Waals surface area contributed by atoms with Gasteiger partial charge in [0.15, 0.2) is 31.5 Å². The minimum atomic E-state index is -2.46. The van der Waals surface area contributed by atoms with Gasteiger partial charge in [-0.05, 0) is 27.7 Å². The lowest BCUT2D eigenvalue weighted by molar-refractivity contribution is -0.424. The van der Waals surface area contributed by atoms with E-state index in [0.29, 0.717) is 0 Å². The van der Waals surface area contributed by atoms with E-state index in [0.717, 1.165) is 13.8 Å². The van der Waals surface area contributed by atoms with Crippen molar-refractivity contribution in [2.24, 2.45) is 5.92 Å². The molecule has 10 saturated heterocycles. The third-order valence-corrected chi connectivity index (χ3v) is 23.6. The molecule has 0 bridgehead atoms. The molecule has 129 heavy (non-hydrogen) atoms. The molecule has 10 fully saturated rings. The quantitative estimate of drug-likeness (QED) is 0.0244. The molecule has 10 aliphatic rings. The Morgan fingerprint density at radius 1 is 0.341 bits per heavy atom. The molecule has 0 aliphatic carbocycles. The summed E-state index contributed by atoms with van der Waals surface area (Å²) >= 11 is 0. The van der Waals surface area contributed by atoms with Gasteiger partial charge >= 0.3 is 5.97 Å². The van der Waals surface area contributed by atoms with Crippen molar-refractivity contribution in [1.29, 1.82) is 0 Å². The second-order valence-electron chi connectivity index (χ2n) is 32.9. The molecule has 21 unspecified atom stereocenters. The van der Waals surface area contributed by atoms with Crippen LogP contribution < -0.4 is 16.0 Å². The molecule has 0 radical (unpaired) electrons. The van der Waals surface area contributed by atoms with Gasteiger partial charge in [0, 0.05) is 26.7 Å². The highest BCUT2D eigenvalue weighted by Gasteiger charge is 2.60. The van der Waals surface area contributed by atoms with Crippen molar-refractivity contribution in [3.63, 3.8) is 0 Å². The van der Waals surface area contributed by atoms with E-state index in [1.54, 1.807) is 13.8 Å². The van der Waals surface area contributed by atoms with Gasteiger partial charge in [0.1, 0.15) is 232 Å². The van der Waals surface area contributed by atoms with E-state index in [2.05, 4.69) is 16.0 Å². The molecule has 0 saturated carbocycles. The van der Waals surface area contributed by atoms with Gasteiger partial charge in [0.2, 0.25) is 17.7 Å². The maximum Gasteiger partial charge on any atom is 0.332 e. The molecule has 34 N–H and O–H groups in total. The maximum absolute atomic E-state index is 12.2. The van der Waals surface area contributed by atoms with Crippen molar-refractivity contribution in [3.05, 3.63) is 0 Å². The van der Waals surface area contributed by atoms with Gasteiger partial charge in [-0.25, -0.2) is 0 Å². The molecular weight excluding hydrogens is 1760 g/mol. The van der Waals surface area contributed by atoms with Crippen molar-refractivity contribution >= 4 is 24.2 Å². The van der Waals surface area contributed by atoms with Crippen LogP contribution in [-0.4, -0.2) is 554 Å². The highest BCUT2D eigenvalue weighted by Crippen LogP contribution is 2.41. The smallest absolute Gasteiger partial charge is 0.332 e. The standard InChI is InChI=1S/C31H53NO22.C21H37NO15.C15H27NO10.C7H14O5/c1-10-13(38)4-31(48-9-36,54-26(10)19(40)14(39)5-33)47-8-17-21(42)23(44)25(46)30(51-17)53-28-16(7-35)50-29(18(22(28)43)32-12(3)37)52-27-11(2)49-15(6-34)20(41)24(27)45;1-6-18(16(31)13(28)8(3-23)33-6)36-20-11(22-7(2)26)14(29)19(10(5-25)35-20)37-21-17(32)15(30)12(27)9(4-24)34-21;1-5-14(13(23)11(21)7(3-17)24-5)26-15-9(16-6(2)19)12(22)10(20)8(4-18)25-15;1-3-5(9)7(11)6(10)4(2-8)12-3/h9-11,13-30,33-35,38-46H,4-8H2,1-3H3,(H,32,37);6,8-21,23-25,27-32H,3-5H2,1-2H3,(H,22,26);5,7-15,17-18,20-23H,3-4H2,1-2H3,(H,16,19);3-11H,2H2,1H3/t10-,11-,13-,14?,15?,16+,17?,18?,19?,20-,21+,22?,23+,24+,25?,26?,27?,28-,29+,30+,31+;6-,8?,9?,10+,11?,12+,13-,14?,15+,16+,17?,18?,19-,20+,21+;5?,7?,8-,9?,10+,11+,12?,13-,14-,15-;3-,4?,5?,6-,7-/m1101/s1. The average molecular weight is 1890 g/mol. The lowest BCUT2D eigenvalue weighted by Crippen LogP contribution is -2.69. The Hall–Kier alpha value is -4.00. The number of ether oxygens (including phenoxy) is 17. The van der Waals surface area contributed by atoms with E-state index in [4.69, 9.17) is 85.6 Å². The minimum Gasteiger partial charge on any atom is -0.410 e. The van der Waals surface area contributed by atoms with Gasteiger partial charge in [-0.1, -0.05) is 6.92 Å². The zero-order valence-corrected chi connectivity index (χ0v) is 71.2. The van der Waals surface area contributed by atoms with Crippen LogP contribution in [0.2, 0.25) is 0 Å². The molecule has 0 aromatic carbocycles. The second-order valence-corrected chi connectivity index (χ2v) is 32.9. The third-order valence-electron chi connectivity index (χ3n) is 23.6. The molecule has 0 aromatic rings. The first kappa shape index (κ1) is 112. The van der Waals surface area contributed by atoms with Gasteiger partial charge in [-0.2, -0.15) is 0 Å². The summed E-state index contributed by atoms with van der Waals surface area (Å²) in [4.78, 5) is 47.0. The third kappa shape index (κ3) is 26.9. The predicted molar refractivity (Wildman–Crippen MR) is 408 cm³/mol. The van der Waals surface area contributed by atoms with Crippen molar-refractivity contribution in [2.75, 3.05) is 66.1 Å². The molecule has 10 aliphatic heterocycles. The number of hydrogen-bond acceptors (Lipinski definition) is 52. The topological polar surface area (TPSA) is 888 Å². The van der Waals surface area contributed by atoms with E-state index in [-0.39, 0.29) is 13.1 Å². The largest absolute Gasteiger partial charge is 0.410 e. The molecule has 55 heteroatoms. The van der Waals surface area contributed by atoms with Crippen LogP contribution in [0.4, 0.5) is 0 Å². The summed E-state index contributed by atoms with van der Waals surface area (Å²) in [6, 6.07) is -4.07. The van der Waals surface area contributed by atoms with Crippen LogP contribution in [0.1, 0.15) is 61.8 Å². The summed E-state index contributed by atoms with van der Waals surface area (Å²) in [5.74, 6) is -5.19. The zero-order chi connectivity index (χ0) is 96.7. The Labute approximate surface area is 735 Å². The highest BCUT2D eigenvalue weighted by atomic mass is 16.9. The molecule has 51 atom stereocenters. The average Bonchev–Trinajstić information content (AvgIpc) is 0.800. The monoisotopic (exact) mass is 1890 g/mol. The molecule has 3 amide bonds. The lowest BCUT2D eigenvalue weighted by atomic mass is 9.87. The van der Waals surface area contributed by atoms with E-state index < -0.39 is 395 Å². The maximum atomic E-state index is 12.2. The first-order valence-corrected chi connectivity index (χ1v) is 41.5. The number of carbonyl (C=O) groups excluding carboxylic acids is 4. The Morgan fingerprint density at radius 2 is 0.620 bits per heavy atom. The van der Waals surface area contributed by atoms with Crippen LogP contribution in [0.25, 0.3) is 0 Å². The summed E-state index contributed by atoms with van der Waals surface area (Å²) in [5.41, 5.74) is 0. The number of amides is 3. The van der Waals surface area contributed by atoms with Crippen LogP contribution in [0, 0.1) is 5.92 Å². The van der Waals surface area contributed by atoms with Crippen molar-refractivity contribution in [1.82, 2.24) is 16.0 Å². The highest BCUT2D eigenvalue weighted by molar-refractivity contribution is 5.74. The second kappa shape index (κ2) is 50.4. The fourth-order valence-electron chi connectivity index (χ4n) is 16.1. The van der Waals surface area contributed by atoms with Gasteiger partial charge in [0.25, 0.3) is 6.47 Å². The zero-order valence-electron chi connectivity index (χ0n) is 71.2. The van der Waals surface area contributed by atoms with E-state index in [1.165, 1.54) is 27.7 Å². The van der Waals surface area contributed by atoms with Crippen LogP contribution in [0.3, 0.4) is 0 Å². The summed E-state index contributed by atoms with van der Waals surface area (Å²) in [6.45, 7) is 4.13. The fraction of sp³-hybridized carbons (Fsp3) is 0.946. The molecule has 55 nitrogen and oxygen atoms in total. The van der Waals surface area contributed by atoms with Crippen molar-refractivity contribution in [2.45, 2.75) is 368 Å². The first-order chi connectivity index (χ1) is 60.7. The number of nitrogens with one attached hydrogen (secondary N) is 3. The van der Waals surface area contributed by atoms with E-state index >= 15 is 0 Å². The normalized spacial score (nSPS) is 47.7. The summed E-state index contributed by atoms with van der Waals surface area (Å²) in [7, 11) is 0.